The molecule has 1 aliphatic heterocycles. The molecule has 0 spiro atoms. The molecule has 1 saturated heterocycles. The van der Waals surface area contributed by atoms with Crippen LogP contribution in [0.2, 0.25) is 0 Å². The van der Waals surface area contributed by atoms with E-state index in [0.29, 0.717) is 24.3 Å². The van der Waals surface area contributed by atoms with Crippen LogP contribution in [0.4, 0.5) is 0 Å². The van der Waals surface area contributed by atoms with Crippen LogP contribution in [0, 0.1) is 25.2 Å². The molecule has 0 saturated carbocycles. The fourth-order valence-electron chi connectivity index (χ4n) is 4.84. The van der Waals surface area contributed by atoms with Gasteiger partial charge >= 0.3 is 0 Å². The summed E-state index contributed by atoms with van der Waals surface area (Å²) in [5.74, 6) is 1.37. The molecular weight excluding hydrogens is 404 g/mol. The first-order valence-corrected chi connectivity index (χ1v) is 11.0. The molecule has 1 aromatic carbocycles. The van der Waals surface area contributed by atoms with Gasteiger partial charge in [-0.15, -0.1) is 0 Å². The fourth-order valence-corrected chi connectivity index (χ4v) is 4.84. The molecule has 1 fully saturated rings. The number of carbonyl (C=O) groups excluding carboxylic acids is 1. The highest BCUT2D eigenvalue weighted by molar-refractivity contribution is 5.85. The van der Waals surface area contributed by atoms with Crippen LogP contribution in [0.1, 0.15) is 53.1 Å². The molecule has 0 bridgehead atoms. The Bertz CT molecular complexity index is 1260. The number of methoxy groups -OCH3 is 1. The number of amides is 1. The van der Waals surface area contributed by atoms with E-state index in [1.54, 1.807) is 14.0 Å². The number of hydrogen-bond donors (Lipinski definition) is 2. The van der Waals surface area contributed by atoms with Gasteiger partial charge in [-0.25, -0.2) is 0 Å². The molecule has 2 aromatic heterocycles. The topological polar surface area (TPSA) is 102 Å². The average Bonchev–Trinajstić information content (AvgIpc) is 3.22. The van der Waals surface area contributed by atoms with Crippen molar-refractivity contribution in [2.45, 2.75) is 45.4 Å². The van der Waals surface area contributed by atoms with Crippen LogP contribution in [-0.2, 0) is 11.2 Å². The number of benzene rings is 1. The van der Waals surface area contributed by atoms with Gasteiger partial charge in [0.25, 0.3) is 5.56 Å². The second-order valence-electron chi connectivity index (χ2n) is 8.48. The minimum Gasteiger partial charge on any atom is -0.497 e. The van der Waals surface area contributed by atoms with Gasteiger partial charge in [-0.2, -0.15) is 5.26 Å². The van der Waals surface area contributed by atoms with Crippen LogP contribution < -0.4 is 10.3 Å². The van der Waals surface area contributed by atoms with E-state index in [9.17, 15) is 14.9 Å². The van der Waals surface area contributed by atoms with Crippen LogP contribution >= 0.6 is 0 Å². The number of nitrogens with zero attached hydrogens (tertiary/aromatic N) is 2. The van der Waals surface area contributed by atoms with E-state index >= 15 is 0 Å². The fraction of sp³-hybridized carbons (Fsp3) is 0.400. The van der Waals surface area contributed by atoms with Gasteiger partial charge in [0.15, 0.2) is 0 Å². The number of rotatable bonds is 5. The van der Waals surface area contributed by atoms with Crippen molar-refractivity contribution >= 4 is 16.8 Å². The normalized spacial score (nSPS) is 14.5. The molecule has 7 nitrogen and oxygen atoms in total. The number of pyridine rings is 1. The molecular formula is C25H28N4O3. The second kappa shape index (κ2) is 8.91. The molecule has 0 atom stereocenters. The van der Waals surface area contributed by atoms with Crippen LogP contribution in [0.25, 0.3) is 10.9 Å². The Hall–Kier alpha value is -3.53. The standard InChI is InChI=1S/C25H28N4O3/c1-15-19(16(2)28-25(31)21(15)13-26)5-7-24(30)29-10-8-17(9-11-29)22-14-27-23-6-4-18(32-3)12-20(22)23/h4,6,12,14,17,27H,5,7-11H2,1-3H3,(H,28,31). The van der Waals surface area contributed by atoms with Crippen molar-refractivity contribution in [3.05, 3.63) is 62.7 Å². The van der Waals surface area contributed by atoms with Gasteiger partial charge in [-0.1, -0.05) is 0 Å². The first-order valence-electron chi connectivity index (χ1n) is 11.0. The average molecular weight is 433 g/mol. The maximum Gasteiger partial charge on any atom is 0.266 e. The van der Waals surface area contributed by atoms with E-state index in [-0.39, 0.29) is 17.0 Å². The summed E-state index contributed by atoms with van der Waals surface area (Å²) >= 11 is 0. The predicted octanol–water partition coefficient (Wildman–Crippen LogP) is 3.69. The van der Waals surface area contributed by atoms with E-state index in [2.05, 4.69) is 22.2 Å². The Labute approximate surface area is 187 Å². The number of carbonyl (C=O) groups is 1. The predicted molar refractivity (Wildman–Crippen MR) is 123 cm³/mol. The monoisotopic (exact) mass is 432 g/mol. The van der Waals surface area contributed by atoms with Gasteiger partial charge < -0.3 is 19.6 Å². The summed E-state index contributed by atoms with van der Waals surface area (Å²) in [6, 6.07) is 8.03. The van der Waals surface area contributed by atoms with Gasteiger partial charge in [-0.05, 0) is 73.9 Å². The van der Waals surface area contributed by atoms with Crippen molar-refractivity contribution in [3.63, 3.8) is 0 Å². The molecule has 1 aliphatic rings. The summed E-state index contributed by atoms with van der Waals surface area (Å²) in [4.78, 5) is 32.8. The Morgan fingerprint density at radius 1 is 1.28 bits per heavy atom. The Balaban J connectivity index is 1.40. The van der Waals surface area contributed by atoms with Crippen molar-refractivity contribution < 1.29 is 9.53 Å². The lowest BCUT2D eigenvalue weighted by Crippen LogP contribution is -2.38. The number of aromatic nitrogens is 2. The first kappa shape index (κ1) is 21.7. The number of nitriles is 1. The number of hydrogen-bond acceptors (Lipinski definition) is 4. The highest BCUT2D eigenvalue weighted by Gasteiger charge is 2.26. The zero-order valence-electron chi connectivity index (χ0n) is 18.7. The van der Waals surface area contributed by atoms with Crippen LogP contribution in [-0.4, -0.2) is 41.0 Å². The molecule has 0 radical (unpaired) electrons. The Kier molecular flexibility index (Phi) is 6.04. The summed E-state index contributed by atoms with van der Waals surface area (Å²) in [7, 11) is 1.68. The lowest BCUT2D eigenvalue weighted by molar-refractivity contribution is -0.132. The number of aromatic amines is 2. The van der Waals surface area contributed by atoms with Gasteiger partial charge in [0.1, 0.15) is 17.4 Å². The maximum atomic E-state index is 12.9. The number of ether oxygens (including phenoxy) is 1. The number of aryl methyl sites for hydroxylation is 1. The molecule has 0 aliphatic carbocycles. The summed E-state index contributed by atoms with van der Waals surface area (Å²) in [6.07, 6.45) is 4.81. The van der Waals surface area contributed by atoms with E-state index in [0.717, 1.165) is 48.5 Å². The first-order chi connectivity index (χ1) is 15.4. The lowest BCUT2D eigenvalue weighted by Gasteiger charge is -2.32. The molecule has 166 valence electrons. The van der Waals surface area contributed by atoms with Gasteiger partial charge in [0.05, 0.1) is 7.11 Å². The molecule has 2 N–H and O–H groups in total. The lowest BCUT2D eigenvalue weighted by atomic mass is 9.89. The molecule has 3 heterocycles. The summed E-state index contributed by atoms with van der Waals surface area (Å²) in [5.41, 5.74) is 4.45. The largest absolute Gasteiger partial charge is 0.497 e. The van der Waals surface area contributed by atoms with Gasteiger partial charge in [-0.3, -0.25) is 9.59 Å². The summed E-state index contributed by atoms with van der Waals surface area (Å²) in [6.45, 7) is 5.06. The van der Waals surface area contributed by atoms with Gasteiger partial charge in [0, 0.05) is 42.3 Å². The number of H-pyrrole nitrogens is 2. The molecule has 7 heteroatoms. The van der Waals surface area contributed by atoms with Crippen molar-refractivity contribution in [3.8, 4) is 11.8 Å². The van der Waals surface area contributed by atoms with Crippen LogP contribution in [0.15, 0.2) is 29.2 Å². The number of fused-ring (bicyclic) bond motifs is 1. The number of likely N-dealkylation sites (tertiary alicyclic amines) is 1. The minimum atomic E-state index is -0.366. The van der Waals surface area contributed by atoms with Crippen molar-refractivity contribution in [1.29, 1.82) is 5.26 Å². The van der Waals surface area contributed by atoms with Crippen molar-refractivity contribution in [2.24, 2.45) is 0 Å². The zero-order chi connectivity index (χ0) is 22.8. The highest BCUT2D eigenvalue weighted by atomic mass is 16.5. The molecule has 1 amide bonds. The molecule has 0 unspecified atom stereocenters. The van der Waals surface area contributed by atoms with Crippen LogP contribution in [0.5, 0.6) is 5.75 Å². The Morgan fingerprint density at radius 3 is 2.72 bits per heavy atom. The van der Waals surface area contributed by atoms with E-state index in [1.807, 2.05) is 30.0 Å². The van der Waals surface area contributed by atoms with Gasteiger partial charge in [0.2, 0.25) is 5.91 Å². The summed E-state index contributed by atoms with van der Waals surface area (Å²) in [5, 5.41) is 10.4. The zero-order valence-corrected chi connectivity index (χ0v) is 18.7. The smallest absolute Gasteiger partial charge is 0.266 e. The maximum absolute atomic E-state index is 12.9. The van der Waals surface area contributed by atoms with E-state index < -0.39 is 0 Å². The minimum absolute atomic E-state index is 0.118. The second-order valence-corrected chi connectivity index (χ2v) is 8.48. The number of nitrogens with one attached hydrogen (secondary N) is 2. The van der Waals surface area contributed by atoms with Crippen LogP contribution in [0.3, 0.4) is 0 Å². The SMILES string of the molecule is COc1ccc2[nH]cc(C3CCN(C(=O)CCc4c(C)[nH]c(=O)c(C#N)c4C)CC3)c2c1. The van der Waals surface area contributed by atoms with Crippen molar-refractivity contribution in [2.75, 3.05) is 20.2 Å². The third-order valence-corrected chi connectivity index (χ3v) is 6.72. The molecule has 3 aromatic rings. The molecule has 4 rings (SSSR count). The van der Waals surface area contributed by atoms with E-state index in [1.165, 1.54) is 10.9 Å². The summed E-state index contributed by atoms with van der Waals surface area (Å²) < 4.78 is 5.38. The third kappa shape index (κ3) is 4.01. The Morgan fingerprint density at radius 2 is 2.03 bits per heavy atom. The highest BCUT2D eigenvalue weighted by Crippen LogP contribution is 2.34. The quantitative estimate of drug-likeness (QED) is 0.642. The van der Waals surface area contributed by atoms with E-state index in [4.69, 9.17) is 4.74 Å². The van der Waals surface area contributed by atoms with Crippen molar-refractivity contribution in [1.82, 2.24) is 14.9 Å². The number of piperidine rings is 1. The molecule has 32 heavy (non-hydrogen) atoms. The third-order valence-electron chi connectivity index (χ3n) is 6.72.